The van der Waals surface area contributed by atoms with Crippen LogP contribution in [0, 0.1) is 25.6 Å². The van der Waals surface area contributed by atoms with Crippen molar-refractivity contribution in [3.05, 3.63) is 136 Å². The number of halogens is 1. The number of nitrogens with zero attached hydrogens (tertiary/aromatic N) is 3. The van der Waals surface area contributed by atoms with Crippen LogP contribution < -0.4 is 4.90 Å². The molecule has 1 atom stereocenters. The highest BCUT2D eigenvalue weighted by atomic mass is 19.1. The van der Waals surface area contributed by atoms with Crippen LogP contribution in [0.3, 0.4) is 0 Å². The number of piperidine rings is 1. The van der Waals surface area contributed by atoms with E-state index in [2.05, 4.69) is 57.4 Å². The van der Waals surface area contributed by atoms with E-state index < -0.39 is 0 Å². The first-order valence-corrected chi connectivity index (χ1v) is 16.7. The number of likely N-dealkylation sites (tertiary alicyclic amines) is 1. The molecule has 246 valence electrons. The number of rotatable bonds is 13. The highest BCUT2D eigenvalue weighted by molar-refractivity contribution is 6.15. The van der Waals surface area contributed by atoms with Crippen molar-refractivity contribution in [1.82, 2.24) is 4.90 Å². The molecule has 5 nitrogen and oxygen atoms in total. The van der Waals surface area contributed by atoms with Gasteiger partial charge in [0.25, 0.3) is 5.91 Å². The average Bonchev–Trinajstić information content (AvgIpc) is 3.08. The third-order valence-electron chi connectivity index (χ3n) is 8.96. The third-order valence-corrected chi connectivity index (χ3v) is 8.96. The Kier molecular flexibility index (Phi) is 12.6. The number of aldehydes is 1. The number of hydrogen-bond acceptors (Lipinski definition) is 4. The van der Waals surface area contributed by atoms with Gasteiger partial charge in [-0.3, -0.25) is 14.6 Å². The number of anilines is 1. The highest BCUT2D eigenvalue weighted by Gasteiger charge is 2.29. The third kappa shape index (κ3) is 9.03. The van der Waals surface area contributed by atoms with Crippen molar-refractivity contribution in [3.8, 4) is 0 Å². The number of para-hydroxylation sites is 1. The monoisotopic (exact) mass is 633 g/mol. The number of amides is 1. The van der Waals surface area contributed by atoms with Gasteiger partial charge in [-0.15, -0.1) is 0 Å². The van der Waals surface area contributed by atoms with E-state index in [1.807, 2.05) is 54.3 Å². The predicted octanol–water partition coefficient (Wildman–Crippen LogP) is 9.19. The predicted molar refractivity (Wildman–Crippen MR) is 193 cm³/mol. The summed E-state index contributed by atoms with van der Waals surface area (Å²) >= 11 is 0. The number of carbonyl (C=O) groups is 2. The lowest BCUT2D eigenvalue weighted by molar-refractivity contribution is -0.104. The van der Waals surface area contributed by atoms with Gasteiger partial charge in [-0.1, -0.05) is 62.9 Å². The van der Waals surface area contributed by atoms with E-state index in [1.54, 1.807) is 12.1 Å². The minimum Gasteiger partial charge on any atom is -0.341 e. The van der Waals surface area contributed by atoms with Crippen LogP contribution in [0.1, 0.15) is 79.1 Å². The summed E-state index contributed by atoms with van der Waals surface area (Å²) in [6.45, 7) is 16.7. The fraction of sp³-hybridized carbons (Fsp3) is 0.341. The summed E-state index contributed by atoms with van der Waals surface area (Å²) in [7, 11) is 0. The summed E-state index contributed by atoms with van der Waals surface area (Å²) in [5.41, 5.74) is 8.39. The second-order valence-corrected chi connectivity index (χ2v) is 12.4. The summed E-state index contributed by atoms with van der Waals surface area (Å²) in [6, 6.07) is 20.9. The maximum Gasteiger partial charge on any atom is 0.253 e. The molecule has 47 heavy (non-hydrogen) atoms. The molecule has 1 saturated heterocycles. The Morgan fingerprint density at radius 2 is 1.79 bits per heavy atom. The van der Waals surface area contributed by atoms with Gasteiger partial charge in [0, 0.05) is 54.1 Å². The normalized spacial score (nSPS) is 15.1. The van der Waals surface area contributed by atoms with Gasteiger partial charge in [-0.25, -0.2) is 4.39 Å². The van der Waals surface area contributed by atoms with E-state index in [9.17, 15) is 14.0 Å². The Balaban J connectivity index is 1.51. The molecule has 0 saturated carbocycles. The lowest BCUT2D eigenvalue weighted by Crippen LogP contribution is -2.40. The molecule has 4 rings (SSSR count). The summed E-state index contributed by atoms with van der Waals surface area (Å²) < 4.78 is 14.1. The molecule has 3 aromatic rings. The Labute approximate surface area is 280 Å². The van der Waals surface area contributed by atoms with Crippen molar-refractivity contribution in [3.63, 3.8) is 0 Å². The zero-order valence-corrected chi connectivity index (χ0v) is 28.5. The van der Waals surface area contributed by atoms with Gasteiger partial charge in [-0.05, 0) is 111 Å². The number of benzene rings is 3. The Bertz CT molecular complexity index is 1660. The summed E-state index contributed by atoms with van der Waals surface area (Å²) in [5, 5.41) is 0. The second kappa shape index (κ2) is 16.8. The van der Waals surface area contributed by atoms with Crippen LogP contribution in [0.4, 0.5) is 10.1 Å². The first-order chi connectivity index (χ1) is 22.7. The number of allylic oxidation sites excluding steroid dienone is 5. The lowest BCUT2D eigenvalue weighted by atomic mass is 9.91. The molecule has 1 fully saturated rings. The van der Waals surface area contributed by atoms with Crippen molar-refractivity contribution in [1.29, 1.82) is 0 Å². The van der Waals surface area contributed by atoms with Gasteiger partial charge in [0.2, 0.25) is 0 Å². The van der Waals surface area contributed by atoms with E-state index in [0.717, 1.165) is 76.9 Å². The topological polar surface area (TPSA) is 53.0 Å². The summed E-state index contributed by atoms with van der Waals surface area (Å²) in [6.07, 6.45) is 9.47. The maximum atomic E-state index is 14.1. The molecule has 6 heteroatoms. The maximum absolute atomic E-state index is 14.1. The SMILES string of the molecule is C=C(C1CCN(C(=O)c2ccc(C(=NC(C)CC)C(/C=C\C=O)=C/CC)c(C)c2)CC1)N(Cc1cccc(F)c1)c1ccccc1C. The zero-order chi connectivity index (χ0) is 33.9. The van der Waals surface area contributed by atoms with Gasteiger partial charge < -0.3 is 9.80 Å². The minimum absolute atomic E-state index is 0.0184. The van der Waals surface area contributed by atoms with Crippen molar-refractivity contribution >= 4 is 23.6 Å². The van der Waals surface area contributed by atoms with Gasteiger partial charge >= 0.3 is 0 Å². The first kappa shape index (κ1) is 35.3. The van der Waals surface area contributed by atoms with Crippen LogP contribution in [0.25, 0.3) is 0 Å². The van der Waals surface area contributed by atoms with E-state index in [1.165, 1.54) is 12.1 Å². The van der Waals surface area contributed by atoms with Gasteiger partial charge in [0.1, 0.15) is 12.1 Å². The Morgan fingerprint density at radius 3 is 2.43 bits per heavy atom. The standard InChI is InChI=1S/C41H48FN3O2/c1-7-13-35(16-12-25-46)40(43-31(5)8-2)38-20-19-36(26-30(38)4)41(47)44-23-21-34(22-24-44)32(6)45(39-18-10-9-14-29(39)3)28-33-15-11-17-37(42)27-33/h9-20,25-27,31,34H,6-8,21-24,28H2,1-5H3/b16-12-,35-13+,43-40?. The first-order valence-electron chi connectivity index (χ1n) is 16.7. The number of aliphatic imine (C=N–C) groups is 1. The van der Waals surface area contributed by atoms with E-state index >= 15 is 0 Å². The number of hydrogen-bond donors (Lipinski definition) is 0. The van der Waals surface area contributed by atoms with Crippen LogP contribution in [0.5, 0.6) is 0 Å². The van der Waals surface area contributed by atoms with Crippen molar-refractivity contribution in [2.45, 2.75) is 72.9 Å². The summed E-state index contributed by atoms with van der Waals surface area (Å²) in [5.74, 6) is -0.0387. The molecule has 0 N–H and O–H groups in total. The zero-order valence-electron chi connectivity index (χ0n) is 28.5. The molecule has 1 aliphatic rings. The molecule has 3 aromatic carbocycles. The smallest absolute Gasteiger partial charge is 0.253 e. The highest BCUT2D eigenvalue weighted by Crippen LogP contribution is 2.33. The van der Waals surface area contributed by atoms with E-state index in [4.69, 9.17) is 4.99 Å². The molecule has 1 heterocycles. The fourth-order valence-corrected chi connectivity index (χ4v) is 6.12. The number of carbonyl (C=O) groups excluding carboxylic acids is 2. The molecule has 0 spiro atoms. The van der Waals surface area contributed by atoms with Crippen LogP contribution in [-0.2, 0) is 11.3 Å². The second-order valence-electron chi connectivity index (χ2n) is 12.4. The number of aryl methyl sites for hydroxylation is 2. The van der Waals surface area contributed by atoms with Crippen LogP contribution in [-0.4, -0.2) is 41.9 Å². The van der Waals surface area contributed by atoms with Gasteiger partial charge in [0.15, 0.2) is 0 Å². The molecule has 1 aliphatic heterocycles. The Morgan fingerprint density at radius 1 is 1.04 bits per heavy atom. The minimum atomic E-state index is -0.250. The molecule has 0 aliphatic carbocycles. The Hall–Kier alpha value is -4.58. The van der Waals surface area contributed by atoms with E-state index in [0.29, 0.717) is 25.2 Å². The molecule has 1 amide bonds. The largest absolute Gasteiger partial charge is 0.341 e. The fourth-order valence-electron chi connectivity index (χ4n) is 6.12. The quantitative estimate of drug-likeness (QED) is 0.0816. The van der Waals surface area contributed by atoms with Crippen LogP contribution in [0.2, 0.25) is 0 Å². The van der Waals surface area contributed by atoms with Crippen LogP contribution in [0.15, 0.2) is 108 Å². The van der Waals surface area contributed by atoms with Crippen molar-refractivity contribution in [2.75, 3.05) is 18.0 Å². The van der Waals surface area contributed by atoms with E-state index in [-0.39, 0.29) is 23.7 Å². The van der Waals surface area contributed by atoms with Gasteiger partial charge in [-0.2, -0.15) is 0 Å². The molecule has 0 aromatic heterocycles. The average molecular weight is 634 g/mol. The lowest BCUT2D eigenvalue weighted by Gasteiger charge is -2.38. The van der Waals surface area contributed by atoms with Crippen molar-refractivity contribution in [2.24, 2.45) is 10.9 Å². The van der Waals surface area contributed by atoms with Crippen LogP contribution >= 0.6 is 0 Å². The van der Waals surface area contributed by atoms with Crippen molar-refractivity contribution < 1.29 is 14.0 Å². The summed E-state index contributed by atoms with van der Waals surface area (Å²) in [4.78, 5) is 34.0. The molecule has 0 bridgehead atoms. The molecular formula is C41H48FN3O2. The molecule has 0 radical (unpaired) electrons. The van der Waals surface area contributed by atoms with Gasteiger partial charge in [0.05, 0.1) is 5.71 Å². The molecule has 1 unspecified atom stereocenters. The molecular weight excluding hydrogens is 585 g/mol.